The van der Waals surface area contributed by atoms with E-state index in [1.807, 2.05) is 7.05 Å². The summed E-state index contributed by atoms with van der Waals surface area (Å²) in [4.78, 5) is 0. The Labute approximate surface area is 105 Å². The van der Waals surface area contributed by atoms with Crippen molar-refractivity contribution in [1.82, 2.24) is 15.1 Å². The van der Waals surface area contributed by atoms with Gasteiger partial charge >= 0.3 is 0 Å². The Balaban J connectivity index is 2.18. The second-order valence-electron chi connectivity index (χ2n) is 5.09. The third-order valence-corrected chi connectivity index (χ3v) is 3.86. The maximum atomic E-state index is 4.65. The molecule has 0 saturated heterocycles. The molecule has 0 radical (unpaired) electrons. The summed E-state index contributed by atoms with van der Waals surface area (Å²) in [5.74, 6) is 0. The Morgan fingerprint density at radius 3 is 2.59 bits per heavy atom. The minimum absolute atomic E-state index is 0.651. The fourth-order valence-electron chi connectivity index (χ4n) is 2.97. The Morgan fingerprint density at radius 2 is 2.00 bits per heavy atom. The second kappa shape index (κ2) is 6.20. The summed E-state index contributed by atoms with van der Waals surface area (Å²) in [7, 11) is 2.00. The van der Waals surface area contributed by atoms with Gasteiger partial charge in [0.25, 0.3) is 0 Å². The fraction of sp³-hybridized carbons (Fsp3) is 0.786. The number of hydrogen-bond donors (Lipinski definition) is 1. The molecule has 1 heterocycles. The highest BCUT2D eigenvalue weighted by atomic mass is 15.3. The van der Waals surface area contributed by atoms with Crippen LogP contribution in [0, 0.1) is 0 Å². The molecule has 96 valence electrons. The van der Waals surface area contributed by atoms with Crippen molar-refractivity contribution < 1.29 is 0 Å². The van der Waals surface area contributed by atoms with Crippen molar-refractivity contribution in [1.29, 1.82) is 0 Å². The zero-order valence-electron chi connectivity index (χ0n) is 11.2. The van der Waals surface area contributed by atoms with Crippen LogP contribution in [-0.4, -0.2) is 16.8 Å². The van der Waals surface area contributed by atoms with Crippen molar-refractivity contribution in [3.8, 4) is 0 Å². The molecule has 0 unspecified atom stereocenters. The zero-order chi connectivity index (χ0) is 12.1. The monoisotopic (exact) mass is 235 g/mol. The molecule has 0 bridgehead atoms. The lowest BCUT2D eigenvalue weighted by Gasteiger charge is -2.18. The number of nitrogens with zero attached hydrogens (tertiary/aromatic N) is 2. The van der Waals surface area contributed by atoms with Gasteiger partial charge in [-0.15, -0.1) is 0 Å². The fourth-order valence-corrected chi connectivity index (χ4v) is 2.97. The molecule has 3 heteroatoms. The van der Waals surface area contributed by atoms with E-state index in [2.05, 4.69) is 28.2 Å². The summed E-state index contributed by atoms with van der Waals surface area (Å²) in [5.41, 5.74) is 2.81. The quantitative estimate of drug-likeness (QED) is 0.813. The van der Waals surface area contributed by atoms with Crippen molar-refractivity contribution in [3.05, 3.63) is 17.5 Å². The predicted octanol–water partition coefficient (Wildman–Crippen LogP) is 3.06. The van der Waals surface area contributed by atoms with Gasteiger partial charge in [0, 0.05) is 17.8 Å². The minimum atomic E-state index is 0.651. The molecule has 1 fully saturated rings. The van der Waals surface area contributed by atoms with Gasteiger partial charge in [-0.1, -0.05) is 32.6 Å². The van der Waals surface area contributed by atoms with E-state index in [0.717, 1.165) is 13.0 Å². The van der Waals surface area contributed by atoms with Gasteiger partial charge in [-0.05, 0) is 26.3 Å². The van der Waals surface area contributed by atoms with E-state index in [1.165, 1.54) is 49.8 Å². The van der Waals surface area contributed by atoms with E-state index in [-0.39, 0.29) is 0 Å². The van der Waals surface area contributed by atoms with Crippen molar-refractivity contribution in [3.63, 3.8) is 0 Å². The van der Waals surface area contributed by atoms with E-state index in [1.54, 1.807) is 0 Å². The number of hydrogen-bond acceptors (Lipinski definition) is 2. The molecular weight excluding hydrogens is 210 g/mol. The van der Waals surface area contributed by atoms with Crippen LogP contribution in [0.4, 0.5) is 0 Å². The average molecular weight is 235 g/mol. The number of aromatic nitrogens is 2. The molecule has 1 saturated carbocycles. The molecule has 1 N–H and O–H groups in total. The van der Waals surface area contributed by atoms with Crippen LogP contribution in [0.3, 0.4) is 0 Å². The first-order chi connectivity index (χ1) is 8.36. The lowest BCUT2D eigenvalue weighted by molar-refractivity contribution is 0.393. The summed E-state index contributed by atoms with van der Waals surface area (Å²) in [6.45, 7) is 3.18. The molecule has 0 aromatic carbocycles. The zero-order valence-corrected chi connectivity index (χ0v) is 11.2. The summed E-state index contributed by atoms with van der Waals surface area (Å²) < 4.78 is 2.32. The first-order valence-electron chi connectivity index (χ1n) is 7.06. The molecule has 1 aromatic heterocycles. The van der Waals surface area contributed by atoms with Gasteiger partial charge in [0.05, 0.1) is 12.2 Å². The molecule has 0 spiro atoms. The van der Waals surface area contributed by atoms with Crippen LogP contribution in [0.1, 0.15) is 62.7 Å². The van der Waals surface area contributed by atoms with E-state index in [4.69, 9.17) is 0 Å². The van der Waals surface area contributed by atoms with E-state index in [9.17, 15) is 0 Å². The molecule has 1 aromatic rings. The first kappa shape index (κ1) is 12.6. The second-order valence-corrected chi connectivity index (χ2v) is 5.09. The number of nitrogens with one attached hydrogen (secondary N) is 1. The lowest BCUT2D eigenvalue weighted by atomic mass is 10.1. The SMILES string of the molecule is CCc1c(CNC)cnn1C1CCCCCC1. The van der Waals surface area contributed by atoms with Gasteiger partial charge in [-0.25, -0.2) is 0 Å². The highest BCUT2D eigenvalue weighted by Crippen LogP contribution is 2.28. The summed E-state index contributed by atoms with van der Waals surface area (Å²) >= 11 is 0. The normalized spacial score (nSPS) is 18.2. The van der Waals surface area contributed by atoms with Crippen LogP contribution in [-0.2, 0) is 13.0 Å². The Morgan fingerprint density at radius 1 is 1.29 bits per heavy atom. The molecule has 0 aliphatic heterocycles. The summed E-state index contributed by atoms with van der Waals surface area (Å²) in [6, 6.07) is 0.651. The third kappa shape index (κ3) is 2.89. The van der Waals surface area contributed by atoms with Crippen LogP contribution >= 0.6 is 0 Å². The molecular formula is C14H25N3. The topological polar surface area (TPSA) is 29.9 Å². The molecule has 0 amide bonds. The van der Waals surface area contributed by atoms with Gasteiger partial charge in [-0.3, -0.25) is 4.68 Å². The molecule has 2 rings (SSSR count). The van der Waals surface area contributed by atoms with Crippen LogP contribution in [0.5, 0.6) is 0 Å². The Hall–Kier alpha value is -0.830. The molecule has 17 heavy (non-hydrogen) atoms. The van der Waals surface area contributed by atoms with E-state index in [0.29, 0.717) is 6.04 Å². The van der Waals surface area contributed by atoms with Crippen molar-refractivity contribution in [2.45, 2.75) is 64.5 Å². The van der Waals surface area contributed by atoms with Crippen molar-refractivity contribution in [2.75, 3.05) is 7.05 Å². The van der Waals surface area contributed by atoms with Gasteiger partial charge in [0.2, 0.25) is 0 Å². The van der Waals surface area contributed by atoms with E-state index < -0.39 is 0 Å². The van der Waals surface area contributed by atoms with E-state index >= 15 is 0 Å². The maximum Gasteiger partial charge on any atom is 0.0537 e. The lowest BCUT2D eigenvalue weighted by Crippen LogP contribution is -2.14. The third-order valence-electron chi connectivity index (χ3n) is 3.86. The van der Waals surface area contributed by atoms with Crippen LogP contribution in [0.25, 0.3) is 0 Å². The average Bonchev–Trinajstić information content (AvgIpc) is 2.57. The smallest absolute Gasteiger partial charge is 0.0537 e. The van der Waals surface area contributed by atoms with Crippen LogP contribution in [0.2, 0.25) is 0 Å². The molecule has 3 nitrogen and oxygen atoms in total. The summed E-state index contributed by atoms with van der Waals surface area (Å²) in [5, 5.41) is 7.88. The van der Waals surface area contributed by atoms with Gasteiger partial charge < -0.3 is 5.32 Å². The van der Waals surface area contributed by atoms with Gasteiger partial charge in [0.15, 0.2) is 0 Å². The maximum absolute atomic E-state index is 4.65. The summed E-state index contributed by atoms with van der Waals surface area (Å²) in [6.07, 6.45) is 11.3. The first-order valence-corrected chi connectivity index (χ1v) is 7.06. The van der Waals surface area contributed by atoms with Crippen molar-refractivity contribution in [2.24, 2.45) is 0 Å². The Kier molecular flexibility index (Phi) is 4.60. The highest BCUT2D eigenvalue weighted by Gasteiger charge is 2.18. The minimum Gasteiger partial charge on any atom is -0.316 e. The van der Waals surface area contributed by atoms with Crippen molar-refractivity contribution >= 4 is 0 Å². The predicted molar refractivity (Wildman–Crippen MR) is 71.1 cm³/mol. The standard InChI is InChI=1S/C14H25N3/c1-3-14-12(10-15-2)11-16-17(14)13-8-6-4-5-7-9-13/h11,13,15H,3-10H2,1-2H3. The van der Waals surface area contributed by atoms with Crippen LogP contribution < -0.4 is 5.32 Å². The number of rotatable bonds is 4. The molecule has 1 aliphatic rings. The van der Waals surface area contributed by atoms with Crippen LogP contribution in [0.15, 0.2) is 6.20 Å². The van der Waals surface area contributed by atoms with Gasteiger partial charge in [-0.2, -0.15) is 5.10 Å². The largest absolute Gasteiger partial charge is 0.316 e. The molecule has 1 aliphatic carbocycles. The Bertz CT molecular complexity index is 335. The van der Waals surface area contributed by atoms with Gasteiger partial charge in [0.1, 0.15) is 0 Å². The highest BCUT2D eigenvalue weighted by molar-refractivity contribution is 5.18. The molecule has 0 atom stereocenters.